The number of alkyl halides is 3. The minimum atomic E-state index is -4.44. The summed E-state index contributed by atoms with van der Waals surface area (Å²) in [5.74, 6) is 0.0586. The molecule has 1 aromatic heterocycles. The number of nitrogens with zero attached hydrogens (tertiary/aromatic N) is 3. The molecule has 0 saturated carbocycles. The van der Waals surface area contributed by atoms with Crippen molar-refractivity contribution in [2.24, 2.45) is 5.73 Å². The van der Waals surface area contributed by atoms with E-state index in [1.807, 2.05) is 0 Å². The first kappa shape index (κ1) is 12.7. The molecule has 0 aliphatic carbocycles. The molecule has 1 rings (SSSR count). The minimum Gasteiger partial charge on any atom is -0.344 e. The van der Waals surface area contributed by atoms with E-state index >= 15 is 0 Å². The molecule has 0 saturated heterocycles. The molecule has 4 nitrogen and oxygen atoms in total. The molecule has 0 aliphatic heterocycles. The summed E-state index contributed by atoms with van der Waals surface area (Å²) >= 11 is 0. The fourth-order valence-electron chi connectivity index (χ4n) is 1.12. The van der Waals surface area contributed by atoms with Gasteiger partial charge in [-0.2, -0.15) is 13.2 Å². The van der Waals surface area contributed by atoms with Gasteiger partial charge in [-0.25, -0.2) is 9.97 Å². The van der Waals surface area contributed by atoms with Gasteiger partial charge in [0.25, 0.3) is 0 Å². The Hall–Kier alpha value is -1.37. The monoisotopic (exact) mass is 234 g/mol. The summed E-state index contributed by atoms with van der Waals surface area (Å²) in [5.41, 5.74) is 4.37. The summed E-state index contributed by atoms with van der Waals surface area (Å²) < 4.78 is 37.1. The molecule has 0 atom stereocenters. The Bertz CT molecular complexity index is 340. The van der Waals surface area contributed by atoms with Crippen LogP contribution < -0.4 is 10.6 Å². The number of anilines is 1. The third-order valence-electron chi connectivity index (χ3n) is 1.97. The van der Waals surface area contributed by atoms with E-state index in [1.165, 1.54) is 0 Å². The highest BCUT2D eigenvalue weighted by atomic mass is 19.4. The molecule has 0 unspecified atom stereocenters. The SMILES string of the molecule is CN(CCCN)c1nccc(C(F)(F)F)n1. The number of nitrogens with two attached hydrogens (primary N) is 1. The van der Waals surface area contributed by atoms with E-state index in [1.54, 1.807) is 11.9 Å². The highest BCUT2D eigenvalue weighted by Gasteiger charge is 2.33. The predicted molar refractivity (Wildman–Crippen MR) is 54.0 cm³/mol. The van der Waals surface area contributed by atoms with Crippen molar-refractivity contribution in [3.05, 3.63) is 18.0 Å². The van der Waals surface area contributed by atoms with Crippen molar-refractivity contribution in [3.8, 4) is 0 Å². The van der Waals surface area contributed by atoms with Crippen LogP contribution in [0.1, 0.15) is 12.1 Å². The van der Waals surface area contributed by atoms with Gasteiger partial charge in [-0.1, -0.05) is 0 Å². The second-order valence-corrected chi connectivity index (χ2v) is 3.30. The molecule has 0 aliphatic rings. The first-order valence-corrected chi connectivity index (χ1v) is 4.76. The van der Waals surface area contributed by atoms with Gasteiger partial charge >= 0.3 is 6.18 Å². The lowest BCUT2D eigenvalue weighted by Crippen LogP contribution is -2.24. The minimum absolute atomic E-state index is 0.0586. The second kappa shape index (κ2) is 5.11. The zero-order valence-corrected chi connectivity index (χ0v) is 8.83. The second-order valence-electron chi connectivity index (χ2n) is 3.30. The first-order chi connectivity index (χ1) is 7.45. The van der Waals surface area contributed by atoms with E-state index in [0.29, 0.717) is 19.5 Å². The van der Waals surface area contributed by atoms with Crippen molar-refractivity contribution in [2.75, 3.05) is 25.0 Å². The van der Waals surface area contributed by atoms with Crippen LogP contribution in [-0.2, 0) is 6.18 Å². The molecule has 0 radical (unpaired) electrons. The normalized spacial score (nSPS) is 11.6. The van der Waals surface area contributed by atoms with Gasteiger partial charge in [-0.15, -0.1) is 0 Å². The molecule has 1 aromatic rings. The third-order valence-corrected chi connectivity index (χ3v) is 1.97. The van der Waals surface area contributed by atoms with Gasteiger partial charge in [0.05, 0.1) is 0 Å². The molecule has 0 fully saturated rings. The molecular weight excluding hydrogens is 221 g/mol. The highest BCUT2D eigenvalue weighted by Crippen LogP contribution is 2.27. The topological polar surface area (TPSA) is 55.0 Å². The van der Waals surface area contributed by atoms with Crippen molar-refractivity contribution in [1.29, 1.82) is 0 Å². The van der Waals surface area contributed by atoms with E-state index in [0.717, 1.165) is 12.3 Å². The molecule has 7 heteroatoms. The largest absolute Gasteiger partial charge is 0.433 e. The van der Waals surface area contributed by atoms with Crippen molar-refractivity contribution < 1.29 is 13.2 Å². The van der Waals surface area contributed by atoms with Crippen LogP contribution in [0.3, 0.4) is 0 Å². The van der Waals surface area contributed by atoms with Gasteiger partial charge in [0, 0.05) is 19.8 Å². The van der Waals surface area contributed by atoms with E-state index < -0.39 is 11.9 Å². The smallest absolute Gasteiger partial charge is 0.344 e. The predicted octanol–water partition coefficient (Wildman–Crippen LogP) is 1.28. The Morgan fingerprint density at radius 3 is 2.69 bits per heavy atom. The lowest BCUT2D eigenvalue weighted by atomic mass is 10.4. The van der Waals surface area contributed by atoms with Gasteiger partial charge in [-0.3, -0.25) is 0 Å². The van der Waals surface area contributed by atoms with Crippen molar-refractivity contribution in [1.82, 2.24) is 9.97 Å². The summed E-state index contributed by atoms with van der Waals surface area (Å²) in [7, 11) is 1.63. The fraction of sp³-hybridized carbons (Fsp3) is 0.556. The molecule has 0 spiro atoms. The van der Waals surface area contributed by atoms with Crippen LogP contribution in [0.15, 0.2) is 12.3 Å². The summed E-state index contributed by atoms with van der Waals surface area (Å²) in [6, 6.07) is 0.847. The summed E-state index contributed by atoms with van der Waals surface area (Å²) in [5, 5.41) is 0. The number of halogens is 3. The van der Waals surface area contributed by atoms with Gasteiger partial charge in [-0.05, 0) is 19.0 Å². The Kier molecular flexibility index (Phi) is 4.05. The van der Waals surface area contributed by atoms with Crippen LogP contribution in [0.4, 0.5) is 19.1 Å². The van der Waals surface area contributed by atoms with Crippen LogP contribution >= 0.6 is 0 Å². The Labute approximate surface area is 91.3 Å². The fourth-order valence-corrected chi connectivity index (χ4v) is 1.12. The van der Waals surface area contributed by atoms with E-state index in [2.05, 4.69) is 9.97 Å². The van der Waals surface area contributed by atoms with Crippen molar-refractivity contribution in [3.63, 3.8) is 0 Å². The Balaban J connectivity index is 2.82. The lowest BCUT2D eigenvalue weighted by Gasteiger charge is -2.17. The standard InChI is InChI=1S/C9H13F3N4/c1-16(6-2-4-13)8-14-5-3-7(15-8)9(10,11)12/h3,5H,2,4,6,13H2,1H3. The van der Waals surface area contributed by atoms with E-state index in [9.17, 15) is 13.2 Å². The molecule has 0 bridgehead atoms. The van der Waals surface area contributed by atoms with Crippen molar-refractivity contribution >= 4 is 5.95 Å². The maximum atomic E-state index is 12.4. The molecule has 0 amide bonds. The first-order valence-electron chi connectivity index (χ1n) is 4.76. The van der Waals surface area contributed by atoms with E-state index in [4.69, 9.17) is 5.73 Å². The van der Waals surface area contributed by atoms with Crippen LogP contribution in [0.2, 0.25) is 0 Å². The lowest BCUT2D eigenvalue weighted by molar-refractivity contribution is -0.141. The summed E-state index contributed by atoms with van der Waals surface area (Å²) in [4.78, 5) is 8.77. The highest BCUT2D eigenvalue weighted by molar-refractivity contribution is 5.29. The van der Waals surface area contributed by atoms with Gasteiger partial charge in [0.2, 0.25) is 5.95 Å². The van der Waals surface area contributed by atoms with Crippen LogP contribution in [0.5, 0.6) is 0 Å². The summed E-state index contributed by atoms with van der Waals surface area (Å²) in [6.45, 7) is 1.00. The molecule has 1 heterocycles. The van der Waals surface area contributed by atoms with Crippen LogP contribution in [-0.4, -0.2) is 30.1 Å². The Morgan fingerprint density at radius 2 is 2.12 bits per heavy atom. The molecule has 2 N–H and O–H groups in total. The Morgan fingerprint density at radius 1 is 1.44 bits per heavy atom. The average molecular weight is 234 g/mol. The molecule has 16 heavy (non-hydrogen) atoms. The molecule has 0 aromatic carbocycles. The van der Waals surface area contributed by atoms with Crippen LogP contribution in [0, 0.1) is 0 Å². The molecular formula is C9H13F3N4. The van der Waals surface area contributed by atoms with Gasteiger partial charge in [0.1, 0.15) is 5.69 Å². The number of rotatable bonds is 4. The van der Waals surface area contributed by atoms with Crippen LogP contribution in [0.25, 0.3) is 0 Å². The summed E-state index contributed by atoms with van der Waals surface area (Å²) in [6.07, 6.45) is -2.66. The zero-order valence-electron chi connectivity index (χ0n) is 8.83. The maximum absolute atomic E-state index is 12.4. The van der Waals surface area contributed by atoms with E-state index in [-0.39, 0.29) is 5.95 Å². The third kappa shape index (κ3) is 3.34. The van der Waals surface area contributed by atoms with Gasteiger partial charge in [0.15, 0.2) is 0 Å². The quantitative estimate of drug-likeness (QED) is 0.852. The van der Waals surface area contributed by atoms with Gasteiger partial charge < -0.3 is 10.6 Å². The average Bonchev–Trinajstić information content (AvgIpc) is 2.25. The number of aromatic nitrogens is 2. The maximum Gasteiger partial charge on any atom is 0.433 e. The van der Waals surface area contributed by atoms with Crippen molar-refractivity contribution in [2.45, 2.75) is 12.6 Å². The molecule has 90 valence electrons. The zero-order chi connectivity index (χ0) is 12.2. The number of hydrogen-bond donors (Lipinski definition) is 1. The number of hydrogen-bond acceptors (Lipinski definition) is 4.